The summed E-state index contributed by atoms with van der Waals surface area (Å²) < 4.78 is 1.95. The first kappa shape index (κ1) is 14.7. The van der Waals surface area contributed by atoms with Gasteiger partial charge in [0.2, 0.25) is 5.91 Å². The molecule has 2 aromatic heterocycles. The largest absolute Gasteiger partial charge is 0.327 e. The molecule has 0 aromatic carbocycles. The highest BCUT2D eigenvalue weighted by Crippen LogP contribution is 2.42. The van der Waals surface area contributed by atoms with Crippen molar-refractivity contribution in [2.45, 2.75) is 45.1 Å². The number of aromatic nitrogens is 2. The van der Waals surface area contributed by atoms with Crippen LogP contribution in [-0.2, 0) is 4.79 Å². The molecule has 5 nitrogen and oxygen atoms in total. The van der Waals surface area contributed by atoms with Crippen molar-refractivity contribution in [3.8, 4) is 0 Å². The molecule has 0 radical (unpaired) electrons. The molecule has 2 aliphatic rings. The summed E-state index contributed by atoms with van der Waals surface area (Å²) in [7, 11) is 0. The summed E-state index contributed by atoms with van der Waals surface area (Å²) in [6.07, 6.45) is 9.42. The molecule has 2 aromatic rings. The molecule has 23 heavy (non-hydrogen) atoms. The van der Waals surface area contributed by atoms with Gasteiger partial charge in [-0.3, -0.25) is 4.79 Å². The van der Waals surface area contributed by atoms with Crippen LogP contribution in [0.1, 0.15) is 37.8 Å². The van der Waals surface area contributed by atoms with Crippen molar-refractivity contribution in [1.29, 1.82) is 0 Å². The molecule has 2 fully saturated rings. The predicted octanol–water partition coefficient (Wildman–Crippen LogP) is 2.73. The maximum absolute atomic E-state index is 12.7. The molecule has 1 amide bonds. The van der Waals surface area contributed by atoms with E-state index >= 15 is 0 Å². The number of nitrogens with two attached hydrogens (primary N) is 1. The van der Waals surface area contributed by atoms with Crippen molar-refractivity contribution in [3.05, 3.63) is 30.2 Å². The molecule has 3 N–H and O–H groups in total. The van der Waals surface area contributed by atoms with E-state index in [1.807, 2.05) is 35.9 Å². The van der Waals surface area contributed by atoms with E-state index < -0.39 is 0 Å². The summed E-state index contributed by atoms with van der Waals surface area (Å²) in [4.78, 5) is 17.1. The van der Waals surface area contributed by atoms with Crippen LogP contribution in [0, 0.1) is 24.7 Å². The minimum absolute atomic E-state index is 0.102. The lowest BCUT2D eigenvalue weighted by molar-refractivity contribution is -0.122. The quantitative estimate of drug-likeness (QED) is 0.895. The van der Waals surface area contributed by atoms with Gasteiger partial charge in [0.15, 0.2) is 0 Å². The van der Waals surface area contributed by atoms with Crippen LogP contribution >= 0.6 is 0 Å². The first-order valence-corrected chi connectivity index (χ1v) is 8.62. The summed E-state index contributed by atoms with van der Waals surface area (Å²) in [5.74, 6) is 1.30. The fourth-order valence-electron chi connectivity index (χ4n) is 4.44. The third-order valence-corrected chi connectivity index (χ3v) is 5.62. The van der Waals surface area contributed by atoms with E-state index in [0.29, 0.717) is 17.9 Å². The summed E-state index contributed by atoms with van der Waals surface area (Å²) in [5, 5.41) is 3.09. The lowest BCUT2D eigenvalue weighted by Crippen LogP contribution is -2.48. The number of nitrogens with zero attached hydrogens (tertiary/aromatic N) is 2. The Balaban J connectivity index is 1.48. The van der Waals surface area contributed by atoms with Gasteiger partial charge in [0.05, 0.1) is 11.4 Å². The molecular formula is C18H24N4O. The number of imidazole rings is 1. The van der Waals surface area contributed by atoms with Crippen molar-refractivity contribution < 1.29 is 4.79 Å². The highest BCUT2D eigenvalue weighted by molar-refractivity contribution is 5.92. The SMILES string of the molecule is Cc1cn2cc(NC(=O)C3CC4CCCC(C3)C4N)ccc2n1. The van der Waals surface area contributed by atoms with Gasteiger partial charge in [-0.2, -0.15) is 0 Å². The molecule has 0 aliphatic heterocycles. The van der Waals surface area contributed by atoms with Gasteiger partial charge < -0.3 is 15.5 Å². The zero-order valence-electron chi connectivity index (χ0n) is 13.5. The number of carbonyl (C=O) groups is 1. The number of hydrogen-bond donors (Lipinski definition) is 2. The highest BCUT2D eigenvalue weighted by Gasteiger charge is 2.40. The third-order valence-electron chi connectivity index (χ3n) is 5.62. The lowest BCUT2D eigenvalue weighted by Gasteiger charge is -2.43. The van der Waals surface area contributed by atoms with Crippen LogP contribution in [0.3, 0.4) is 0 Å². The molecule has 2 saturated carbocycles. The van der Waals surface area contributed by atoms with Gasteiger partial charge in [-0.25, -0.2) is 4.98 Å². The van der Waals surface area contributed by atoms with Gasteiger partial charge in [-0.05, 0) is 56.6 Å². The van der Waals surface area contributed by atoms with Gasteiger partial charge in [-0.1, -0.05) is 6.42 Å². The minimum atomic E-state index is 0.102. The lowest BCUT2D eigenvalue weighted by atomic mass is 9.65. The van der Waals surface area contributed by atoms with E-state index in [2.05, 4.69) is 10.3 Å². The zero-order chi connectivity index (χ0) is 16.0. The van der Waals surface area contributed by atoms with Crippen LogP contribution in [0.15, 0.2) is 24.5 Å². The Morgan fingerprint density at radius 2 is 2.00 bits per heavy atom. The van der Waals surface area contributed by atoms with E-state index in [-0.39, 0.29) is 11.8 Å². The molecule has 2 bridgehead atoms. The summed E-state index contributed by atoms with van der Waals surface area (Å²) in [5.41, 5.74) is 9.03. The number of pyridine rings is 1. The van der Waals surface area contributed by atoms with Crippen molar-refractivity contribution in [1.82, 2.24) is 9.38 Å². The molecule has 5 heteroatoms. The summed E-state index contributed by atoms with van der Waals surface area (Å²) in [6, 6.07) is 4.17. The number of anilines is 1. The van der Waals surface area contributed by atoms with E-state index in [0.717, 1.165) is 29.9 Å². The average molecular weight is 312 g/mol. The minimum Gasteiger partial charge on any atom is -0.327 e. The molecule has 4 rings (SSSR count). The molecule has 0 spiro atoms. The monoisotopic (exact) mass is 312 g/mol. The van der Waals surface area contributed by atoms with Crippen LogP contribution in [0.5, 0.6) is 0 Å². The van der Waals surface area contributed by atoms with Gasteiger partial charge in [0, 0.05) is 24.4 Å². The molecule has 2 unspecified atom stereocenters. The number of amides is 1. The maximum Gasteiger partial charge on any atom is 0.227 e. The van der Waals surface area contributed by atoms with Crippen molar-refractivity contribution in [2.24, 2.45) is 23.5 Å². The van der Waals surface area contributed by atoms with E-state index in [9.17, 15) is 4.79 Å². The van der Waals surface area contributed by atoms with Crippen molar-refractivity contribution in [2.75, 3.05) is 5.32 Å². The number of fused-ring (bicyclic) bond motifs is 3. The van der Waals surface area contributed by atoms with E-state index in [1.165, 1.54) is 19.3 Å². The molecule has 2 aliphatic carbocycles. The topological polar surface area (TPSA) is 72.4 Å². The van der Waals surface area contributed by atoms with Crippen LogP contribution in [0.4, 0.5) is 5.69 Å². The maximum atomic E-state index is 12.7. The second kappa shape index (κ2) is 5.64. The fourth-order valence-corrected chi connectivity index (χ4v) is 4.44. The van der Waals surface area contributed by atoms with Crippen LogP contribution in [-0.4, -0.2) is 21.3 Å². The Kier molecular flexibility index (Phi) is 3.60. The predicted molar refractivity (Wildman–Crippen MR) is 90.1 cm³/mol. The van der Waals surface area contributed by atoms with Crippen molar-refractivity contribution >= 4 is 17.2 Å². The molecule has 0 saturated heterocycles. The van der Waals surface area contributed by atoms with Gasteiger partial charge >= 0.3 is 0 Å². The fraction of sp³-hybridized carbons (Fsp3) is 0.556. The second-order valence-corrected chi connectivity index (χ2v) is 7.25. The number of rotatable bonds is 2. The normalized spacial score (nSPS) is 30.3. The average Bonchev–Trinajstić information content (AvgIpc) is 2.86. The van der Waals surface area contributed by atoms with E-state index in [1.54, 1.807) is 0 Å². The zero-order valence-corrected chi connectivity index (χ0v) is 13.5. The Hall–Kier alpha value is -1.88. The number of nitrogens with one attached hydrogen (secondary N) is 1. The smallest absolute Gasteiger partial charge is 0.227 e. The van der Waals surface area contributed by atoms with Gasteiger partial charge in [-0.15, -0.1) is 0 Å². The molecule has 122 valence electrons. The Morgan fingerprint density at radius 3 is 2.74 bits per heavy atom. The van der Waals surface area contributed by atoms with Gasteiger partial charge in [0.25, 0.3) is 0 Å². The van der Waals surface area contributed by atoms with E-state index in [4.69, 9.17) is 5.73 Å². The Morgan fingerprint density at radius 1 is 1.26 bits per heavy atom. The third kappa shape index (κ3) is 2.74. The Labute approximate surface area is 136 Å². The standard InChI is InChI=1S/C18H24N4O/c1-11-9-22-10-15(5-6-16(22)20-11)21-18(23)14-7-12-3-2-4-13(8-14)17(12)19/h5-6,9-10,12-14,17H,2-4,7-8,19H2,1H3,(H,21,23). The highest BCUT2D eigenvalue weighted by atomic mass is 16.1. The van der Waals surface area contributed by atoms with Gasteiger partial charge in [0.1, 0.15) is 5.65 Å². The number of hydrogen-bond acceptors (Lipinski definition) is 3. The van der Waals surface area contributed by atoms with Crippen LogP contribution in [0.25, 0.3) is 5.65 Å². The second-order valence-electron chi connectivity index (χ2n) is 7.25. The molecular weight excluding hydrogens is 288 g/mol. The van der Waals surface area contributed by atoms with Crippen LogP contribution < -0.4 is 11.1 Å². The van der Waals surface area contributed by atoms with Crippen LogP contribution in [0.2, 0.25) is 0 Å². The summed E-state index contributed by atoms with van der Waals surface area (Å²) in [6.45, 7) is 1.97. The summed E-state index contributed by atoms with van der Waals surface area (Å²) >= 11 is 0. The number of aryl methyl sites for hydroxylation is 1. The first-order valence-electron chi connectivity index (χ1n) is 8.62. The number of carbonyl (C=O) groups excluding carboxylic acids is 1. The molecule has 2 atom stereocenters. The first-order chi connectivity index (χ1) is 11.1. The molecule has 2 heterocycles. The Bertz CT molecular complexity index is 724. The van der Waals surface area contributed by atoms with Crippen molar-refractivity contribution in [3.63, 3.8) is 0 Å².